The van der Waals surface area contributed by atoms with E-state index in [0.29, 0.717) is 5.56 Å². The highest BCUT2D eigenvalue weighted by Gasteiger charge is 2.35. The van der Waals surface area contributed by atoms with E-state index in [2.05, 4.69) is 29.9 Å². The van der Waals surface area contributed by atoms with Gasteiger partial charge in [0.1, 0.15) is 22.8 Å². The van der Waals surface area contributed by atoms with E-state index in [4.69, 9.17) is 14.2 Å². The Labute approximate surface area is 230 Å². The molecule has 0 bridgehead atoms. The molecule has 15 heteroatoms. The molecule has 0 saturated carbocycles. The second kappa shape index (κ2) is 11.9. The van der Waals surface area contributed by atoms with E-state index in [9.17, 15) is 17.2 Å². The fourth-order valence-electron chi connectivity index (χ4n) is 3.94. The molecule has 0 saturated heterocycles. The number of halogens is 2. The SMILES string of the molecule is COc1cccc(OC(F)F)c1-n1c(NS(=O)(=O)[C@@H](C)[C@H](OC)c2ncc(C)cn2)nnc1-c1cncc(C)c1.[HH]. The number of pyridine rings is 1. The van der Waals surface area contributed by atoms with Crippen molar-refractivity contribution in [1.29, 1.82) is 0 Å². The maximum atomic E-state index is 13.6. The first-order valence-electron chi connectivity index (χ1n) is 11.9. The summed E-state index contributed by atoms with van der Waals surface area (Å²) in [7, 11) is -1.60. The molecule has 2 atom stereocenters. The third-order valence-corrected chi connectivity index (χ3v) is 7.57. The van der Waals surface area contributed by atoms with Crippen molar-refractivity contribution in [3.63, 3.8) is 0 Å². The Morgan fingerprint density at radius 2 is 1.70 bits per heavy atom. The number of methoxy groups -OCH3 is 2. The molecule has 0 aliphatic rings. The second-order valence-corrected chi connectivity index (χ2v) is 10.8. The molecule has 4 rings (SSSR count). The minimum Gasteiger partial charge on any atom is -0.494 e. The van der Waals surface area contributed by atoms with Crippen LogP contribution in [0.2, 0.25) is 0 Å². The normalized spacial score (nSPS) is 13.2. The van der Waals surface area contributed by atoms with Crippen LogP contribution < -0.4 is 14.2 Å². The Hall–Kier alpha value is -4.24. The van der Waals surface area contributed by atoms with Gasteiger partial charge in [0.25, 0.3) is 0 Å². The van der Waals surface area contributed by atoms with Crippen LogP contribution in [-0.4, -0.2) is 64.2 Å². The highest BCUT2D eigenvalue weighted by atomic mass is 32.2. The van der Waals surface area contributed by atoms with Gasteiger partial charge >= 0.3 is 6.61 Å². The molecular formula is C25H29F2N7O5S. The number of benzene rings is 1. The summed E-state index contributed by atoms with van der Waals surface area (Å²) in [4.78, 5) is 12.6. The van der Waals surface area contributed by atoms with E-state index >= 15 is 0 Å². The van der Waals surface area contributed by atoms with E-state index < -0.39 is 28.0 Å². The largest absolute Gasteiger partial charge is 0.494 e. The number of nitrogens with zero attached hydrogens (tertiary/aromatic N) is 6. The molecule has 3 heterocycles. The molecule has 3 aromatic heterocycles. The number of anilines is 1. The van der Waals surface area contributed by atoms with Crippen LogP contribution in [0, 0.1) is 13.8 Å². The van der Waals surface area contributed by atoms with Gasteiger partial charge in [0, 0.05) is 38.9 Å². The number of hydrogen-bond donors (Lipinski definition) is 1. The number of hydrogen-bond acceptors (Lipinski definition) is 10. The lowest BCUT2D eigenvalue weighted by Crippen LogP contribution is -2.33. The Morgan fingerprint density at radius 1 is 1.00 bits per heavy atom. The molecule has 0 spiro atoms. The van der Waals surface area contributed by atoms with Gasteiger partial charge in [-0.2, -0.15) is 8.78 Å². The zero-order chi connectivity index (χ0) is 29.0. The number of para-hydroxylation sites is 1. The molecule has 0 amide bonds. The number of sulfonamides is 1. The molecular weight excluding hydrogens is 548 g/mol. The van der Waals surface area contributed by atoms with Crippen molar-refractivity contribution in [3.8, 4) is 28.6 Å². The number of aromatic nitrogens is 6. The van der Waals surface area contributed by atoms with Crippen LogP contribution in [-0.2, 0) is 14.8 Å². The topological polar surface area (TPSA) is 143 Å². The molecule has 0 unspecified atom stereocenters. The van der Waals surface area contributed by atoms with Crippen LogP contribution in [0.15, 0.2) is 49.1 Å². The zero-order valence-corrected chi connectivity index (χ0v) is 23.1. The van der Waals surface area contributed by atoms with Crippen molar-refractivity contribution in [2.45, 2.75) is 38.7 Å². The molecule has 40 heavy (non-hydrogen) atoms. The third kappa shape index (κ3) is 5.99. The summed E-state index contributed by atoms with van der Waals surface area (Å²) in [6.45, 7) is 1.84. The van der Waals surface area contributed by atoms with E-state index in [1.807, 2.05) is 0 Å². The van der Waals surface area contributed by atoms with Gasteiger partial charge in [-0.15, -0.1) is 10.2 Å². The fourth-order valence-corrected chi connectivity index (χ4v) is 5.07. The first-order chi connectivity index (χ1) is 19.1. The summed E-state index contributed by atoms with van der Waals surface area (Å²) in [6, 6.07) is 5.98. The molecule has 0 radical (unpaired) electrons. The summed E-state index contributed by atoms with van der Waals surface area (Å²) in [5.41, 5.74) is 1.94. The van der Waals surface area contributed by atoms with Gasteiger partial charge in [-0.1, -0.05) is 6.07 Å². The van der Waals surface area contributed by atoms with Crippen LogP contribution in [0.1, 0.15) is 31.4 Å². The molecule has 214 valence electrons. The van der Waals surface area contributed by atoms with Crippen molar-refractivity contribution < 1.29 is 32.8 Å². The zero-order valence-electron chi connectivity index (χ0n) is 22.2. The third-order valence-electron chi connectivity index (χ3n) is 5.88. The number of nitrogens with one attached hydrogen (secondary N) is 1. The Balaban J connectivity index is 0.00000462. The molecule has 0 aliphatic heterocycles. The molecule has 4 aromatic rings. The van der Waals surface area contributed by atoms with Gasteiger partial charge in [0.2, 0.25) is 16.0 Å². The second-order valence-electron chi connectivity index (χ2n) is 8.75. The maximum Gasteiger partial charge on any atom is 0.387 e. The fraction of sp³-hybridized carbons (Fsp3) is 0.320. The van der Waals surface area contributed by atoms with Crippen molar-refractivity contribution >= 4 is 16.0 Å². The van der Waals surface area contributed by atoms with E-state index in [0.717, 1.165) is 11.1 Å². The summed E-state index contributed by atoms with van der Waals surface area (Å²) < 4.78 is 73.3. The van der Waals surface area contributed by atoms with Gasteiger partial charge in [-0.05, 0) is 50.1 Å². The minimum absolute atomic E-state index is 0. The van der Waals surface area contributed by atoms with Crippen LogP contribution in [0.4, 0.5) is 14.7 Å². The Kier molecular flexibility index (Phi) is 8.54. The van der Waals surface area contributed by atoms with Crippen LogP contribution in [0.25, 0.3) is 17.1 Å². The predicted octanol–water partition coefficient (Wildman–Crippen LogP) is 4.11. The van der Waals surface area contributed by atoms with Crippen molar-refractivity contribution in [3.05, 3.63) is 66.0 Å². The van der Waals surface area contributed by atoms with Gasteiger partial charge < -0.3 is 14.2 Å². The smallest absolute Gasteiger partial charge is 0.387 e. The molecule has 12 nitrogen and oxygen atoms in total. The van der Waals surface area contributed by atoms with Gasteiger partial charge in [0.05, 0.1) is 7.11 Å². The maximum absolute atomic E-state index is 13.6. The summed E-state index contributed by atoms with van der Waals surface area (Å²) >= 11 is 0. The number of rotatable bonds is 11. The van der Waals surface area contributed by atoms with Gasteiger partial charge in [-0.3, -0.25) is 14.3 Å². The van der Waals surface area contributed by atoms with Crippen LogP contribution in [0.3, 0.4) is 0 Å². The predicted molar refractivity (Wildman–Crippen MR) is 143 cm³/mol. The minimum atomic E-state index is -4.27. The highest BCUT2D eigenvalue weighted by Crippen LogP contribution is 2.39. The van der Waals surface area contributed by atoms with Gasteiger partial charge in [-0.25, -0.2) is 18.4 Å². The van der Waals surface area contributed by atoms with Crippen LogP contribution >= 0.6 is 0 Å². The average molecular weight is 578 g/mol. The highest BCUT2D eigenvalue weighted by molar-refractivity contribution is 7.93. The average Bonchev–Trinajstić information content (AvgIpc) is 3.31. The van der Waals surface area contributed by atoms with Crippen molar-refractivity contribution in [2.24, 2.45) is 0 Å². The van der Waals surface area contributed by atoms with Crippen LogP contribution in [0.5, 0.6) is 11.5 Å². The lowest BCUT2D eigenvalue weighted by atomic mass is 10.2. The van der Waals surface area contributed by atoms with Crippen molar-refractivity contribution in [2.75, 3.05) is 18.9 Å². The van der Waals surface area contributed by atoms with E-state index in [1.165, 1.54) is 50.1 Å². The lowest BCUT2D eigenvalue weighted by molar-refractivity contribution is -0.0499. The number of ether oxygens (including phenoxy) is 3. The molecule has 0 fully saturated rings. The summed E-state index contributed by atoms with van der Waals surface area (Å²) in [6.07, 6.45) is 5.15. The van der Waals surface area contributed by atoms with E-state index in [1.54, 1.807) is 38.5 Å². The van der Waals surface area contributed by atoms with Crippen molar-refractivity contribution in [1.82, 2.24) is 29.7 Å². The molecule has 1 N–H and O–H groups in total. The first-order valence-corrected chi connectivity index (χ1v) is 13.4. The Morgan fingerprint density at radius 3 is 2.33 bits per heavy atom. The molecule has 0 aliphatic carbocycles. The monoisotopic (exact) mass is 577 g/mol. The molecule has 1 aromatic carbocycles. The lowest BCUT2D eigenvalue weighted by Gasteiger charge is -2.23. The number of alkyl halides is 2. The van der Waals surface area contributed by atoms with E-state index in [-0.39, 0.29) is 36.2 Å². The Bertz CT molecular complexity index is 1590. The summed E-state index contributed by atoms with van der Waals surface area (Å²) in [5.74, 6) is -0.262. The standard InChI is InChI=1S/C25H27F2N7O5S.H2/c1-14-9-17(13-28-10-14)23-31-32-25(34(23)20-18(37-4)7-6-8-19(20)39-24(26)27)33-40(35,36)16(3)21(38-5)22-29-11-15(2)12-30-22;/h6-13,16,21,24H,1-5H3,(H,32,33);1H/t16-,21-;/m0./s1. The van der Waals surface area contributed by atoms with Gasteiger partial charge in [0.15, 0.2) is 17.4 Å². The quantitative estimate of drug-likeness (QED) is 0.277. The summed E-state index contributed by atoms with van der Waals surface area (Å²) in [5, 5.41) is 7.00. The first kappa shape index (κ1) is 28.8. The number of aryl methyl sites for hydroxylation is 2.